The molecule has 1 aromatic carbocycles. The first-order valence-corrected chi connectivity index (χ1v) is 7.26. The lowest BCUT2D eigenvalue weighted by molar-refractivity contribution is -0.278. The second-order valence-electron chi connectivity index (χ2n) is 4.77. The van der Waals surface area contributed by atoms with Crippen LogP contribution in [0.3, 0.4) is 0 Å². The molecule has 1 aromatic rings. The number of halogens is 5. The van der Waals surface area contributed by atoms with Gasteiger partial charge in [-0.2, -0.15) is 22.0 Å². The van der Waals surface area contributed by atoms with Crippen LogP contribution in [-0.4, -0.2) is 35.7 Å². The molecule has 0 spiro atoms. The Morgan fingerprint density at radius 1 is 1.22 bits per heavy atom. The standard InChI is InChI=1S/C13H11F5N2O2S/c14-12(15,13(16,17)18)6-19-10(21)5-9-11(22)20-7-3-1-2-4-8(7)23-9/h1-4,9H,5-6H2,(H,19,21)(H,20,22). The minimum Gasteiger partial charge on any atom is -0.350 e. The third-order valence-electron chi connectivity index (χ3n) is 3.00. The van der Waals surface area contributed by atoms with Crippen molar-refractivity contribution in [1.29, 1.82) is 0 Å². The predicted molar refractivity (Wildman–Crippen MR) is 73.3 cm³/mol. The van der Waals surface area contributed by atoms with Crippen molar-refractivity contribution < 1.29 is 31.5 Å². The van der Waals surface area contributed by atoms with Gasteiger partial charge in [0.1, 0.15) is 0 Å². The molecule has 10 heteroatoms. The van der Waals surface area contributed by atoms with Crippen molar-refractivity contribution in [3.8, 4) is 0 Å². The number of alkyl halides is 5. The van der Waals surface area contributed by atoms with E-state index in [-0.39, 0.29) is 0 Å². The Labute approximate surface area is 131 Å². The predicted octanol–water partition coefficient (Wildman–Crippen LogP) is 2.80. The maximum atomic E-state index is 12.7. The van der Waals surface area contributed by atoms with E-state index in [4.69, 9.17) is 0 Å². The Bertz CT molecular complexity index is 621. The van der Waals surface area contributed by atoms with Crippen LogP contribution in [0.25, 0.3) is 0 Å². The van der Waals surface area contributed by atoms with Crippen LogP contribution < -0.4 is 10.6 Å². The number of benzene rings is 1. The molecule has 2 rings (SSSR count). The molecule has 0 saturated heterocycles. The number of para-hydroxylation sites is 1. The van der Waals surface area contributed by atoms with Crippen LogP contribution >= 0.6 is 11.8 Å². The van der Waals surface area contributed by atoms with Crippen molar-refractivity contribution >= 4 is 29.3 Å². The van der Waals surface area contributed by atoms with Crippen LogP contribution in [0.15, 0.2) is 29.2 Å². The maximum Gasteiger partial charge on any atom is 0.455 e. The average Bonchev–Trinajstić information content (AvgIpc) is 2.45. The Morgan fingerprint density at radius 2 is 1.87 bits per heavy atom. The Hall–Kier alpha value is -1.84. The number of amides is 2. The summed E-state index contributed by atoms with van der Waals surface area (Å²) in [6.45, 7) is -1.86. The smallest absolute Gasteiger partial charge is 0.350 e. The summed E-state index contributed by atoms with van der Waals surface area (Å²) in [6, 6.07) is 6.76. The molecule has 1 unspecified atom stereocenters. The number of thioether (sulfide) groups is 1. The molecule has 0 radical (unpaired) electrons. The number of carbonyl (C=O) groups is 2. The Balaban J connectivity index is 1.93. The number of carbonyl (C=O) groups excluding carboxylic acids is 2. The van der Waals surface area contributed by atoms with Gasteiger partial charge in [0, 0.05) is 11.3 Å². The molecule has 0 aliphatic carbocycles. The fourth-order valence-electron chi connectivity index (χ4n) is 1.78. The summed E-state index contributed by atoms with van der Waals surface area (Å²) in [4.78, 5) is 24.0. The normalized spacial score (nSPS) is 18.1. The van der Waals surface area contributed by atoms with Crippen LogP contribution in [0.2, 0.25) is 0 Å². The van der Waals surface area contributed by atoms with Gasteiger partial charge in [0.05, 0.1) is 17.5 Å². The monoisotopic (exact) mass is 354 g/mol. The fourth-order valence-corrected chi connectivity index (χ4v) is 2.89. The zero-order valence-electron chi connectivity index (χ0n) is 11.4. The van der Waals surface area contributed by atoms with Crippen molar-refractivity contribution in [1.82, 2.24) is 5.32 Å². The van der Waals surface area contributed by atoms with Crippen LogP contribution in [-0.2, 0) is 9.59 Å². The average molecular weight is 354 g/mol. The van der Waals surface area contributed by atoms with Crippen molar-refractivity contribution in [3.05, 3.63) is 24.3 Å². The van der Waals surface area contributed by atoms with Crippen molar-refractivity contribution in [2.24, 2.45) is 0 Å². The fraction of sp³-hybridized carbons (Fsp3) is 0.385. The first-order chi connectivity index (χ1) is 10.6. The summed E-state index contributed by atoms with van der Waals surface area (Å²) >= 11 is 1.05. The molecule has 1 atom stereocenters. The van der Waals surface area contributed by atoms with Crippen LogP contribution in [0.4, 0.5) is 27.6 Å². The summed E-state index contributed by atoms with van der Waals surface area (Å²) in [7, 11) is 0. The van der Waals surface area contributed by atoms with Crippen molar-refractivity contribution in [3.63, 3.8) is 0 Å². The van der Waals surface area contributed by atoms with Gasteiger partial charge in [0.15, 0.2) is 0 Å². The van der Waals surface area contributed by atoms with Gasteiger partial charge < -0.3 is 10.6 Å². The number of nitrogens with one attached hydrogen (secondary N) is 2. The highest BCUT2D eigenvalue weighted by atomic mass is 32.2. The van der Waals surface area contributed by atoms with E-state index < -0.39 is 42.1 Å². The van der Waals surface area contributed by atoms with Gasteiger partial charge in [-0.3, -0.25) is 9.59 Å². The van der Waals surface area contributed by atoms with E-state index in [0.717, 1.165) is 11.8 Å². The lowest BCUT2D eigenvalue weighted by Gasteiger charge is -2.24. The molecule has 126 valence electrons. The lowest BCUT2D eigenvalue weighted by atomic mass is 10.2. The van der Waals surface area contributed by atoms with E-state index in [1.807, 2.05) is 0 Å². The third kappa shape index (κ3) is 4.12. The first-order valence-electron chi connectivity index (χ1n) is 6.38. The summed E-state index contributed by atoms with van der Waals surface area (Å²) < 4.78 is 61.4. The van der Waals surface area contributed by atoms with Gasteiger partial charge in [-0.1, -0.05) is 12.1 Å². The number of fused-ring (bicyclic) bond motifs is 1. The number of hydrogen-bond donors (Lipinski definition) is 2. The second kappa shape index (κ2) is 6.34. The van der Waals surface area contributed by atoms with Crippen molar-refractivity contribution in [2.45, 2.75) is 28.7 Å². The third-order valence-corrected chi connectivity index (χ3v) is 4.27. The van der Waals surface area contributed by atoms with Crippen molar-refractivity contribution in [2.75, 3.05) is 11.9 Å². The van der Waals surface area contributed by atoms with E-state index >= 15 is 0 Å². The molecule has 2 N–H and O–H groups in total. The zero-order chi connectivity index (χ0) is 17.3. The summed E-state index contributed by atoms with van der Waals surface area (Å²) in [6.07, 6.45) is -6.24. The Morgan fingerprint density at radius 3 is 2.52 bits per heavy atom. The quantitative estimate of drug-likeness (QED) is 0.818. The van der Waals surface area contributed by atoms with E-state index in [2.05, 4.69) is 5.32 Å². The van der Waals surface area contributed by atoms with Gasteiger partial charge in [-0.25, -0.2) is 0 Å². The van der Waals surface area contributed by atoms with Crippen LogP contribution in [0, 0.1) is 0 Å². The molecule has 1 heterocycles. The molecular formula is C13H11F5N2O2S. The molecule has 1 aliphatic rings. The molecule has 0 saturated carbocycles. The zero-order valence-corrected chi connectivity index (χ0v) is 12.2. The highest BCUT2D eigenvalue weighted by Crippen LogP contribution is 2.37. The van der Waals surface area contributed by atoms with Gasteiger partial charge in [-0.05, 0) is 12.1 Å². The largest absolute Gasteiger partial charge is 0.455 e. The van der Waals surface area contributed by atoms with Crippen LogP contribution in [0.5, 0.6) is 0 Å². The van der Waals surface area contributed by atoms with E-state index in [0.29, 0.717) is 10.6 Å². The minimum absolute atomic E-state index is 0.501. The van der Waals surface area contributed by atoms with Gasteiger partial charge in [0.25, 0.3) is 0 Å². The van der Waals surface area contributed by atoms with Gasteiger partial charge >= 0.3 is 12.1 Å². The maximum absolute atomic E-state index is 12.7. The highest BCUT2D eigenvalue weighted by Gasteiger charge is 2.57. The lowest BCUT2D eigenvalue weighted by Crippen LogP contribution is -2.47. The molecule has 4 nitrogen and oxygen atoms in total. The topological polar surface area (TPSA) is 58.2 Å². The number of rotatable bonds is 4. The first kappa shape index (κ1) is 17.5. The SMILES string of the molecule is O=C(CC1Sc2ccccc2NC1=O)NCC(F)(F)C(F)(F)F. The molecule has 1 aliphatic heterocycles. The molecular weight excluding hydrogens is 343 g/mol. The van der Waals surface area contributed by atoms with E-state index in [1.165, 1.54) is 5.32 Å². The molecule has 23 heavy (non-hydrogen) atoms. The number of anilines is 1. The number of hydrogen-bond acceptors (Lipinski definition) is 3. The second-order valence-corrected chi connectivity index (χ2v) is 6.02. The Kier molecular flexibility index (Phi) is 4.83. The molecule has 0 bridgehead atoms. The van der Waals surface area contributed by atoms with Crippen LogP contribution in [0.1, 0.15) is 6.42 Å². The van der Waals surface area contributed by atoms with E-state index in [1.54, 1.807) is 24.3 Å². The summed E-state index contributed by atoms with van der Waals surface area (Å²) in [5, 5.41) is 3.16. The minimum atomic E-state index is -5.74. The van der Waals surface area contributed by atoms with Gasteiger partial charge in [-0.15, -0.1) is 11.8 Å². The highest BCUT2D eigenvalue weighted by molar-refractivity contribution is 8.01. The van der Waals surface area contributed by atoms with Gasteiger partial charge in [0.2, 0.25) is 11.8 Å². The summed E-state index contributed by atoms with van der Waals surface area (Å²) in [5.74, 6) is -6.58. The molecule has 2 amide bonds. The summed E-state index contributed by atoms with van der Waals surface area (Å²) in [5.41, 5.74) is 0.558. The molecule has 0 fully saturated rings. The molecule has 0 aromatic heterocycles. The van der Waals surface area contributed by atoms with E-state index in [9.17, 15) is 31.5 Å².